The molecule has 1 heterocycles. The number of unbranched alkanes of at least 4 members (excludes halogenated alkanes) is 10. The quantitative estimate of drug-likeness (QED) is 0.0761. The van der Waals surface area contributed by atoms with Gasteiger partial charge < -0.3 is 25.2 Å². The number of rotatable bonds is 23. The number of carbonyl (C=O) groups excluding carboxylic acids is 4. The Bertz CT molecular complexity index is 876. The number of primary amides is 1. The molecular weight excluding hydrogens is 566 g/mol. The highest BCUT2D eigenvalue weighted by Gasteiger charge is 2.40. The number of amides is 3. The van der Waals surface area contributed by atoms with Gasteiger partial charge in [-0.2, -0.15) is 0 Å². The number of piperidine rings is 1. The first-order chi connectivity index (χ1) is 20.9. The second-order valence-electron chi connectivity index (χ2n) is 13.1. The highest BCUT2D eigenvalue weighted by Crippen LogP contribution is 2.26. The first kappa shape index (κ1) is 39.2. The van der Waals surface area contributed by atoms with Crippen molar-refractivity contribution in [2.45, 2.75) is 174 Å². The summed E-state index contributed by atoms with van der Waals surface area (Å²) in [6.07, 6.45) is 13.4. The van der Waals surface area contributed by atoms with E-state index >= 15 is 0 Å². The third-order valence-electron chi connectivity index (χ3n) is 7.91. The number of nitrogens with zero attached hydrogens (tertiary/aromatic N) is 2. The number of carboxylic acids is 1. The third-order valence-corrected chi connectivity index (χ3v) is 7.91. The maximum absolute atomic E-state index is 13.6. The van der Waals surface area contributed by atoms with E-state index in [1.807, 2.05) is 0 Å². The zero-order chi connectivity index (χ0) is 33.0. The van der Waals surface area contributed by atoms with Gasteiger partial charge in [-0.1, -0.05) is 71.1 Å². The Morgan fingerprint density at radius 3 is 2.05 bits per heavy atom. The molecule has 1 unspecified atom stereocenters. The lowest BCUT2D eigenvalue weighted by molar-refractivity contribution is -0.163. The molecule has 0 aromatic carbocycles. The first-order valence-electron chi connectivity index (χ1n) is 16.8. The molecule has 0 radical (unpaired) electrons. The molecule has 1 saturated heterocycles. The molecule has 3 amide bonds. The minimum Gasteiger partial charge on any atom is -0.481 e. The fourth-order valence-electron chi connectivity index (χ4n) is 5.65. The van der Waals surface area contributed by atoms with Gasteiger partial charge in [-0.3, -0.25) is 19.3 Å². The second-order valence-corrected chi connectivity index (χ2v) is 13.1. The van der Waals surface area contributed by atoms with Crippen LogP contribution in [0.25, 0.3) is 0 Å². The maximum atomic E-state index is 13.6. The Balaban J connectivity index is 2.89. The molecule has 0 aromatic rings. The van der Waals surface area contributed by atoms with Crippen molar-refractivity contribution in [2.24, 2.45) is 5.73 Å². The molecule has 3 N–H and O–H groups in total. The van der Waals surface area contributed by atoms with E-state index in [0.717, 1.165) is 38.5 Å². The second kappa shape index (κ2) is 21.8. The van der Waals surface area contributed by atoms with Gasteiger partial charge in [-0.05, 0) is 65.7 Å². The normalized spacial score (nSPS) is 16.5. The van der Waals surface area contributed by atoms with Gasteiger partial charge >= 0.3 is 18.0 Å². The molecule has 254 valence electrons. The van der Waals surface area contributed by atoms with Crippen LogP contribution in [0.4, 0.5) is 4.79 Å². The molecule has 0 saturated carbocycles. The summed E-state index contributed by atoms with van der Waals surface area (Å²) in [5.74, 6) is -2.35. The SMILES string of the molecule is CCCCCCCCCCCCC[C@@H](CC(N)=O)OC(=O)[C@H](CCCC(=O)O)N(C=O)C1CCCCN1C(=O)OC(C)(C)C. The fourth-order valence-corrected chi connectivity index (χ4v) is 5.65. The number of carbonyl (C=O) groups is 5. The Kier molecular flexibility index (Phi) is 19.4. The van der Waals surface area contributed by atoms with Crippen LogP contribution in [0.3, 0.4) is 0 Å². The average Bonchev–Trinajstić information content (AvgIpc) is 2.94. The summed E-state index contributed by atoms with van der Waals surface area (Å²) in [5, 5.41) is 9.19. The lowest BCUT2D eigenvalue weighted by Crippen LogP contribution is -2.58. The standard InChI is InChI=1S/C33H59N3O8/c1-5-6-7-8-9-10-11-12-13-14-15-19-26(24-28(34)38)43-31(41)27(20-18-22-30(39)40)36(25-37)29-21-16-17-23-35(29)32(42)44-33(2,3)4/h25-27,29H,5-24H2,1-4H3,(H2,34,38)(H,39,40)/t26-,27-,29?/m0/s1. The Hall–Kier alpha value is -2.85. The Morgan fingerprint density at radius 1 is 0.932 bits per heavy atom. The molecule has 0 aliphatic carbocycles. The van der Waals surface area contributed by atoms with Crippen LogP contribution in [0.5, 0.6) is 0 Å². The predicted octanol–water partition coefficient (Wildman–Crippen LogP) is 6.30. The number of esters is 1. The van der Waals surface area contributed by atoms with Crippen molar-refractivity contribution >= 4 is 30.3 Å². The summed E-state index contributed by atoms with van der Waals surface area (Å²) in [6, 6.07) is -1.13. The molecule has 1 rings (SSSR count). The van der Waals surface area contributed by atoms with E-state index in [9.17, 15) is 29.1 Å². The first-order valence-corrected chi connectivity index (χ1v) is 16.8. The summed E-state index contributed by atoms with van der Waals surface area (Å²) in [5.41, 5.74) is 4.72. The topological polar surface area (TPSA) is 157 Å². The highest BCUT2D eigenvalue weighted by molar-refractivity contribution is 5.80. The number of carboxylic acid groups (broad SMARTS) is 1. The molecule has 11 nitrogen and oxygen atoms in total. The van der Waals surface area contributed by atoms with Crippen molar-refractivity contribution in [1.29, 1.82) is 0 Å². The molecule has 0 spiro atoms. The number of hydrogen-bond acceptors (Lipinski definition) is 7. The van der Waals surface area contributed by atoms with E-state index in [4.69, 9.17) is 15.2 Å². The van der Waals surface area contributed by atoms with Crippen LogP contribution in [0.15, 0.2) is 0 Å². The number of nitrogens with two attached hydrogens (primary N) is 1. The zero-order valence-corrected chi connectivity index (χ0v) is 27.7. The van der Waals surface area contributed by atoms with Crippen LogP contribution in [0.1, 0.15) is 150 Å². The van der Waals surface area contributed by atoms with E-state index in [1.54, 1.807) is 20.8 Å². The van der Waals surface area contributed by atoms with Crippen molar-refractivity contribution in [2.75, 3.05) is 6.54 Å². The smallest absolute Gasteiger partial charge is 0.411 e. The van der Waals surface area contributed by atoms with Crippen LogP contribution in [0.2, 0.25) is 0 Å². The summed E-state index contributed by atoms with van der Waals surface area (Å²) in [6.45, 7) is 7.82. The maximum Gasteiger partial charge on any atom is 0.411 e. The molecule has 1 aliphatic heterocycles. The van der Waals surface area contributed by atoms with Crippen LogP contribution in [0, 0.1) is 0 Å². The largest absolute Gasteiger partial charge is 0.481 e. The van der Waals surface area contributed by atoms with E-state index < -0.39 is 47.9 Å². The van der Waals surface area contributed by atoms with Crippen LogP contribution >= 0.6 is 0 Å². The van der Waals surface area contributed by atoms with E-state index in [2.05, 4.69) is 6.92 Å². The van der Waals surface area contributed by atoms with E-state index in [-0.39, 0.29) is 25.7 Å². The van der Waals surface area contributed by atoms with Crippen molar-refractivity contribution < 1.29 is 38.6 Å². The minimum atomic E-state index is -1.13. The number of ether oxygens (including phenoxy) is 2. The molecule has 1 aliphatic rings. The van der Waals surface area contributed by atoms with Gasteiger partial charge in [0.1, 0.15) is 23.9 Å². The summed E-state index contributed by atoms with van der Waals surface area (Å²) >= 11 is 0. The van der Waals surface area contributed by atoms with Gasteiger partial charge in [0.05, 0.1) is 6.42 Å². The number of hydrogen-bond donors (Lipinski definition) is 2. The minimum absolute atomic E-state index is 0.0320. The van der Waals surface area contributed by atoms with E-state index in [0.29, 0.717) is 25.8 Å². The molecule has 0 bridgehead atoms. The third kappa shape index (κ3) is 16.9. The van der Waals surface area contributed by atoms with Crippen LogP contribution in [-0.4, -0.2) is 75.7 Å². The van der Waals surface area contributed by atoms with Gasteiger partial charge in [0.25, 0.3) is 0 Å². The highest BCUT2D eigenvalue weighted by atomic mass is 16.6. The van der Waals surface area contributed by atoms with Crippen LogP contribution in [-0.2, 0) is 28.7 Å². The lowest BCUT2D eigenvalue weighted by Gasteiger charge is -2.43. The van der Waals surface area contributed by atoms with Gasteiger partial charge in [0, 0.05) is 13.0 Å². The zero-order valence-electron chi connectivity index (χ0n) is 27.7. The molecule has 1 fully saturated rings. The van der Waals surface area contributed by atoms with Crippen molar-refractivity contribution in [3.05, 3.63) is 0 Å². The van der Waals surface area contributed by atoms with Crippen molar-refractivity contribution in [3.63, 3.8) is 0 Å². The van der Waals surface area contributed by atoms with Gasteiger partial charge in [0.2, 0.25) is 12.3 Å². The number of aliphatic carboxylic acids is 1. The fraction of sp³-hybridized carbons (Fsp3) is 0.848. The summed E-state index contributed by atoms with van der Waals surface area (Å²) in [7, 11) is 0. The molecule has 0 aromatic heterocycles. The van der Waals surface area contributed by atoms with E-state index in [1.165, 1.54) is 54.7 Å². The van der Waals surface area contributed by atoms with Gasteiger partial charge in [-0.15, -0.1) is 0 Å². The van der Waals surface area contributed by atoms with Crippen LogP contribution < -0.4 is 5.73 Å². The number of likely N-dealkylation sites (tertiary alicyclic amines) is 1. The van der Waals surface area contributed by atoms with Gasteiger partial charge in [-0.25, -0.2) is 9.59 Å². The summed E-state index contributed by atoms with van der Waals surface area (Å²) < 4.78 is 11.4. The Morgan fingerprint density at radius 2 is 1.52 bits per heavy atom. The molecule has 3 atom stereocenters. The van der Waals surface area contributed by atoms with Crippen molar-refractivity contribution in [1.82, 2.24) is 9.80 Å². The Labute approximate surface area is 264 Å². The van der Waals surface area contributed by atoms with Crippen molar-refractivity contribution in [3.8, 4) is 0 Å². The average molecular weight is 626 g/mol. The predicted molar refractivity (Wildman–Crippen MR) is 169 cm³/mol. The monoisotopic (exact) mass is 625 g/mol. The summed E-state index contributed by atoms with van der Waals surface area (Å²) in [4.78, 5) is 64.9. The van der Waals surface area contributed by atoms with Gasteiger partial charge in [0.15, 0.2) is 0 Å². The molecule has 11 heteroatoms. The molecule has 44 heavy (non-hydrogen) atoms. The lowest BCUT2D eigenvalue weighted by atomic mass is 10.0. The molecular formula is C33H59N3O8.